The molecule has 4 nitrogen and oxygen atoms in total. The van der Waals surface area contributed by atoms with Crippen molar-refractivity contribution in [3.63, 3.8) is 0 Å². The Hall–Kier alpha value is -1.32. The summed E-state index contributed by atoms with van der Waals surface area (Å²) in [7, 11) is 0. The zero-order valence-corrected chi connectivity index (χ0v) is 27.6. The largest absolute Gasteiger partial charge is 0.481 e. The van der Waals surface area contributed by atoms with Crippen LogP contribution < -0.4 is 0 Å². The summed E-state index contributed by atoms with van der Waals surface area (Å²) in [6.07, 6.45) is 39.5. The second-order valence-electron chi connectivity index (χ2n) is 12.4. The Morgan fingerprint density at radius 3 is 1.32 bits per heavy atom. The van der Waals surface area contributed by atoms with Crippen molar-refractivity contribution < 1.29 is 19.4 Å². The van der Waals surface area contributed by atoms with Crippen LogP contribution in [0.5, 0.6) is 0 Å². The van der Waals surface area contributed by atoms with Crippen LogP contribution in [0.25, 0.3) is 0 Å². The number of ether oxygens (including phenoxy) is 1. The van der Waals surface area contributed by atoms with E-state index in [2.05, 4.69) is 26.0 Å². The Bertz CT molecular complexity index is 585. The minimum absolute atomic E-state index is 0.0184. The molecule has 0 saturated carbocycles. The second kappa shape index (κ2) is 33.2. The minimum atomic E-state index is -0.711. The van der Waals surface area contributed by atoms with E-state index >= 15 is 0 Å². The predicted octanol–water partition coefficient (Wildman–Crippen LogP) is 12.3. The van der Waals surface area contributed by atoms with Gasteiger partial charge < -0.3 is 9.84 Å². The third-order valence-corrected chi connectivity index (χ3v) is 8.24. The molecule has 0 aromatic heterocycles. The third-order valence-electron chi connectivity index (χ3n) is 8.24. The van der Waals surface area contributed by atoms with Crippen LogP contribution in [-0.2, 0) is 14.3 Å². The van der Waals surface area contributed by atoms with Crippen LogP contribution in [0.2, 0.25) is 0 Å². The molecular weight excluding hydrogens is 508 g/mol. The minimum Gasteiger partial charge on any atom is -0.481 e. The standard InChI is InChI=1S/C37H70O4/c1-3-5-7-9-11-12-13-14-15-16-17-18-19-20-21-22-24-30-34-37(40)41-35(31-27-23-10-8-6-4-2)32-28-25-26-29-33-36(38)39/h15-16,35H,3-14,17-34H2,1-2H3,(H,38,39)/b16-15-. The first-order chi connectivity index (χ1) is 20.1. The average molecular weight is 579 g/mol. The maximum atomic E-state index is 12.5. The fourth-order valence-corrected chi connectivity index (χ4v) is 5.53. The Morgan fingerprint density at radius 2 is 0.878 bits per heavy atom. The van der Waals surface area contributed by atoms with E-state index in [1.54, 1.807) is 0 Å². The van der Waals surface area contributed by atoms with E-state index in [1.807, 2.05) is 0 Å². The summed E-state index contributed by atoms with van der Waals surface area (Å²) >= 11 is 0. The third kappa shape index (κ3) is 33.1. The van der Waals surface area contributed by atoms with Crippen molar-refractivity contribution in [2.45, 2.75) is 213 Å². The summed E-state index contributed by atoms with van der Waals surface area (Å²) in [6, 6.07) is 0. The number of allylic oxidation sites excluding steroid dienone is 2. The lowest BCUT2D eigenvalue weighted by Crippen LogP contribution is -2.18. The van der Waals surface area contributed by atoms with Crippen LogP contribution in [0.3, 0.4) is 0 Å². The number of hydrogen-bond donors (Lipinski definition) is 1. The van der Waals surface area contributed by atoms with Crippen molar-refractivity contribution >= 4 is 11.9 Å². The summed E-state index contributed by atoms with van der Waals surface area (Å²) in [6.45, 7) is 4.52. The van der Waals surface area contributed by atoms with E-state index in [9.17, 15) is 9.59 Å². The van der Waals surface area contributed by atoms with E-state index < -0.39 is 5.97 Å². The van der Waals surface area contributed by atoms with Gasteiger partial charge in [0.2, 0.25) is 0 Å². The van der Waals surface area contributed by atoms with Gasteiger partial charge in [-0.2, -0.15) is 0 Å². The highest BCUT2D eigenvalue weighted by molar-refractivity contribution is 5.69. The Morgan fingerprint density at radius 1 is 0.512 bits per heavy atom. The molecule has 0 spiro atoms. The van der Waals surface area contributed by atoms with Crippen LogP contribution >= 0.6 is 0 Å². The second-order valence-corrected chi connectivity index (χ2v) is 12.4. The van der Waals surface area contributed by atoms with Gasteiger partial charge in [-0.05, 0) is 64.2 Å². The fourth-order valence-electron chi connectivity index (χ4n) is 5.53. The molecule has 0 fully saturated rings. The number of carbonyl (C=O) groups excluding carboxylic acids is 1. The Kier molecular flexibility index (Phi) is 32.1. The highest BCUT2D eigenvalue weighted by Crippen LogP contribution is 2.18. The molecule has 0 aliphatic carbocycles. The number of carbonyl (C=O) groups is 2. The van der Waals surface area contributed by atoms with E-state index in [4.69, 9.17) is 9.84 Å². The first-order valence-corrected chi connectivity index (χ1v) is 18.2. The van der Waals surface area contributed by atoms with Crippen LogP contribution in [0, 0.1) is 0 Å². The van der Waals surface area contributed by atoms with Crippen molar-refractivity contribution in [3.05, 3.63) is 12.2 Å². The molecule has 0 rings (SSSR count). The summed E-state index contributed by atoms with van der Waals surface area (Å²) in [5.41, 5.74) is 0. The highest BCUT2D eigenvalue weighted by Gasteiger charge is 2.14. The molecule has 1 atom stereocenters. The zero-order chi connectivity index (χ0) is 30.1. The SMILES string of the molecule is CCCCCCCCC/C=C\CCCCCCCCCC(=O)OC(CCCCCCCC)CCCCCCC(=O)O. The lowest BCUT2D eigenvalue weighted by molar-refractivity contribution is -0.150. The number of rotatable bonds is 33. The van der Waals surface area contributed by atoms with Crippen molar-refractivity contribution in [3.8, 4) is 0 Å². The Balaban J connectivity index is 3.81. The van der Waals surface area contributed by atoms with Crippen molar-refractivity contribution in [2.24, 2.45) is 0 Å². The molecule has 0 aliphatic rings. The molecule has 1 N–H and O–H groups in total. The van der Waals surface area contributed by atoms with Crippen molar-refractivity contribution in [1.82, 2.24) is 0 Å². The summed E-state index contributed by atoms with van der Waals surface area (Å²) in [5.74, 6) is -0.730. The topological polar surface area (TPSA) is 63.6 Å². The monoisotopic (exact) mass is 579 g/mol. The van der Waals surface area contributed by atoms with Gasteiger partial charge in [0.25, 0.3) is 0 Å². The normalized spacial score (nSPS) is 12.2. The summed E-state index contributed by atoms with van der Waals surface area (Å²) < 4.78 is 5.92. The number of carboxylic acids is 1. The number of hydrogen-bond acceptors (Lipinski definition) is 3. The maximum Gasteiger partial charge on any atom is 0.306 e. The number of unbranched alkanes of at least 4 members (excludes halogenated alkanes) is 22. The summed E-state index contributed by atoms with van der Waals surface area (Å²) in [4.78, 5) is 23.2. The van der Waals surface area contributed by atoms with Crippen molar-refractivity contribution in [1.29, 1.82) is 0 Å². The van der Waals surface area contributed by atoms with Crippen LogP contribution in [0.15, 0.2) is 12.2 Å². The van der Waals surface area contributed by atoms with Crippen LogP contribution in [-0.4, -0.2) is 23.1 Å². The van der Waals surface area contributed by atoms with E-state index in [0.29, 0.717) is 6.42 Å². The van der Waals surface area contributed by atoms with E-state index in [1.165, 1.54) is 122 Å². The molecule has 0 heterocycles. The van der Waals surface area contributed by atoms with Gasteiger partial charge in [-0.3, -0.25) is 9.59 Å². The molecule has 0 aromatic rings. The lowest BCUT2D eigenvalue weighted by Gasteiger charge is -2.18. The fraction of sp³-hybridized carbons (Fsp3) is 0.892. The van der Waals surface area contributed by atoms with Gasteiger partial charge in [-0.1, -0.05) is 142 Å². The van der Waals surface area contributed by atoms with Crippen molar-refractivity contribution in [2.75, 3.05) is 0 Å². The average Bonchev–Trinajstić information content (AvgIpc) is 2.95. The molecule has 0 aromatic carbocycles. The molecular formula is C37H70O4. The molecule has 41 heavy (non-hydrogen) atoms. The van der Waals surface area contributed by atoms with E-state index in [0.717, 1.165) is 57.8 Å². The molecule has 0 radical (unpaired) electrons. The van der Waals surface area contributed by atoms with Gasteiger partial charge in [0.15, 0.2) is 0 Å². The molecule has 0 amide bonds. The van der Waals surface area contributed by atoms with Gasteiger partial charge in [-0.15, -0.1) is 0 Å². The lowest BCUT2D eigenvalue weighted by atomic mass is 10.0. The van der Waals surface area contributed by atoms with Gasteiger partial charge in [0.05, 0.1) is 0 Å². The zero-order valence-electron chi connectivity index (χ0n) is 27.6. The van der Waals surface area contributed by atoms with Crippen LogP contribution in [0.4, 0.5) is 0 Å². The first-order valence-electron chi connectivity index (χ1n) is 18.2. The molecule has 0 saturated heterocycles. The summed E-state index contributed by atoms with van der Waals surface area (Å²) in [5, 5.41) is 8.79. The van der Waals surface area contributed by atoms with Crippen LogP contribution in [0.1, 0.15) is 206 Å². The van der Waals surface area contributed by atoms with Gasteiger partial charge in [0.1, 0.15) is 6.10 Å². The molecule has 1 unspecified atom stereocenters. The molecule has 242 valence electrons. The predicted molar refractivity (Wildman–Crippen MR) is 177 cm³/mol. The molecule has 4 heteroatoms. The first kappa shape index (κ1) is 39.7. The number of esters is 1. The Labute approximate surface area is 255 Å². The highest BCUT2D eigenvalue weighted by atomic mass is 16.5. The molecule has 0 bridgehead atoms. The maximum absolute atomic E-state index is 12.5. The number of carboxylic acid groups (broad SMARTS) is 1. The van der Waals surface area contributed by atoms with Gasteiger partial charge in [0, 0.05) is 12.8 Å². The molecule has 0 aliphatic heterocycles. The number of aliphatic carboxylic acids is 1. The quantitative estimate of drug-likeness (QED) is 0.0478. The van der Waals surface area contributed by atoms with E-state index in [-0.39, 0.29) is 18.5 Å². The smallest absolute Gasteiger partial charge is 0.306 e. The van der Waals surface area contributed by atoms with Gasteiger partial charge in [-0.25, -0.2) is 0 Å². The van der Waals surface area contributed by atoms with Gasteiger partial charge >= 0.3 is 11.9 Å².